The largest absolute Gasteiger partial charge is 0.281 e. The summed E-state index contributed by atoms with van der Waals surface area (Å²) in [7, 11) is 0. The fourth-order valence-corrected chi connectivity index (χ4v) is 4.94. The number of carbonyl (C=O) groups is 1. The second kappa shape index (κ2) is 7.11. The maximum absolute atomic E-state index is 11.5. The van der Waals surface area contributed by atoms with Gasteiger partial charge in [0.1, 0.15) is 0 Å². The maximum atomic E-state index is 11.5. The Hall–Kier alpha value is -0.0400. The second-order valence-electron chi connectivity index (χ2n) is 6.96. The molecule has 0 aromatic carbocycles. The van der Waals surface area contributed by atoms with Crippen molar-refractivity contribution in [1.29, 1.82) is 0 Å². The van der Waals surface area contributed by atoms with E-state index in [-0.39, 0.29) is 10.7 Å². The zero-order chi connectivity index (χ0) is 13.7. The quantitative estimate of drug-likeness (QED) is 0.592. The van der Waals surface area contributed by atoms with Gasteiger partial charge in [-0.05, 0) is 67.4 Å². The van der Waals surface area contributed by atoms with Gasteiger partial charge >= 0.3 is 0 Å². The number of hydrogen-bond acceptors (Lipinski definition) is 1. The van der Waals surface area contributed by atoms with Gasteiger partial charge in [-0.1, -0.05) is 39.0 Å². The van der Waals surface area contributed by atoms with Crippen LogP contribution >= 0.6 is 11.6 Å². The standard InChI is InChI=1S/C17H29ClO/c1-2-6-14-9-11-17(12-10-14,13-16(18)19)15-7-4-3-5-8-15/h14-15H,2-13H2,1H3/t14-,17-. The molecular formula is C17H29ClO. The van der Waals surface area contributed by atoms with Crippen molar-refractivity contribution in [3.8, 4) is 0 Å². The molecule has 0 amide bonds. The van der Waals surface area contributed by atoms with Gasteiger partial charge in [-0.3, -0.25) is 4.79 Å². The summed E-state index contributed by atoms with van der Waals surface area (Å²) in [6.07, 6.45) is 15.3. The van der Waals surface area contributed by atoms with E-state index < -0.39 is 0 Å². The van der Waals surface area contributed by atoms with Crippen molar-refractivity contribution in [3.63, 3.8) is 0 Å². The highest BCUT2D eigenvalue weighted by Gasteiger charge is 2.42. The average molecular weight is 285 g/mol. The Kier molecular flexibility index (Phi) is 5.74. The predicted octanol–water partition coefficient (Wildman–Crippen LogP) is 5.70. The van der Waals surface area contributed by atoms with E-state index in [1.54, 1.807) is 0 Å². The summed E-state index contributed by atoms with van der Waals surface area (Å²) < 4.78 is 0. The highest BCUT2D eigenvalue weighted by Crippen LogP contribution is 2.52. The molecule has 0 saturated heterocycles. The molecule has 2 heteroatoms. The number of hydrogen-bond donors (Lipinski definition) is 0. The fraction of sp³-hybridized carbons (Fsp3) is 0.941. The summed E-state index contributed by atoms with van der Waals surface area (Å²) in [6.45, 7) is 2.28. The van der Waals surface area contributed by atoms with Gasteiger partial charge in [0.15, 0.2) is 0 Å². The average Bonchev–Trinajstić information content (AvgIpc) is 2.42. The highest BCUT2D eigenvalue weighted by molar-refractivity contribution is 6.63. The van der Waals surface area contributed by atoms with Gasteiger partial charge in [0, 0.05) is 6.42 Å². The Labute approximate surface area is 123 Å². The molecule has 1 nitrogen and oxygen atoms in total. The van der Waals surface area contributed by atoms with Crippen LogP contribution in [-0.2, 0) is 4.79 Å². The Morgan fingerprint density at radius 3 is 2.26 bits per heavy atom. The first-order valence-corrected chi connectivity index (χ1v) is 8.72. The lowest BCUT2D eigenvalue weighted by molar-refractivity contribution is -0.116. The van der Waals surface area contributed by atoms with Crippen LogP contribution in [-0.4, -0.2) is 5.24 Å². The van der Waals surface area contributed by atoms with Crippen molar-refractivity contribution in [2.45, 2.75) is 84.0 Å². The summed E-state index contributed by atoms with van der Waals surface area (Å²) in [4.78, 5) is 11.5. The molecule has 0 bridgehead atoms. The Morgan fingerprint density at radius 2 is 1.74 bits per heavy atom. The second-order valence-corrected chi connectivity index (χ2v) is 7.38. The van der Waals surface area contributed by atoms with E-state index >= 15 is 0 Å². The smallest absolute Gasteiger partial charge is 0.222 e. The van der Waals surface area contributed by atoms with Crippen LogP contribution in [0.5, 0.6) is 0 Å². The maximum Gasteiger partial charge on any atom is 0.222 e. The lowest BCUT2D eigenvalue weighted by Crippen LogP contribution is -2.37. The van der Waals surface area contributed by atoms with E-state index in [2.05, 4.69) is 6.92 Å². The Balaban J connectivity index is 2.01. The molecule has 0 aromatic heterocycles. The summed E-state index contributed by atoms with van der Waals surface area (Å²) in [5, 5.41) is -0.0977. The molecule has 2 rings (SSSR count). The van der Waals surface area contributed by atoms with Crippen LogP contribution < -0.4 is 0 Å². The van der Waals surface area contributed by atoms with Crippen molar-refractivity contribution in [1.82, 2.24) is 0 Å². The Morgan fingerprint density at radius 1 is 1.11 bits per heavy atom. The van der Waals surface area contributed by atoms with Gasteiger partial charge in [-0.15, -0.1) is 0 Å². The third kappa shape index (κ3) is 3.97. The van der Waals surface area contributed by atoms with Gasteiger partial charge in [-0.25, -0.2) is 0 Å². The zero-order valence-electron chi connectivity index (χ0n) is 12.4. The van der Waals surface area contributed by atoms with Crippen molar-refractivity contribution in [2.24, 2.45) is 17.3 Å². The normalized spacial score (nSPS) is 33.3. The van der Waals surface area contributed by atoms with Gasteiger partial charge < -0.3 is 0 Å². The van der Waals surface area contributed by atoms with Crippen LogP contribution in [0, 0.1) is 17.3 Å². The van der Waals surface area contributed by atoms with Crippen LogP contribution in [0.3, 0.4) is 0 Å². The molecule has 110 valence electrons. The van der Waals surface area contributed by atoms with E-state index in [9.17, 15) is 4.79 Å². The Bertz CT molecular complexity index is 286. The van der Waals surface area contributed by atoms with Gasteiger partial charge in [0.2, 0.25) is 5.24 Å². The SMILES string of the molecule is CCC[C@H]1CC[C@](CC(=O)Cl)(C2CCCCC2)CC1. The minimum atomic E-state index is -0.0977. The van der Waals surface area contributed by atoms with E-state index in [0.717, 1.165) is 11.8 Å². The number of rotatable bonds is 5. The zero-order valence-corrected chi connectivity index (χ0v) is 13.2. The van der Waals surface area contributed by atoms with E-state index in [4.69, 9.17) is 11.6 Å². The van der Waals surface area contributed by atoms with E-state index in [0.29, 0.717) is 6.42 Å². The van der Waals surface area contributed by atoms with E-state index in [1.165, 1.54) is 70.6 Å². The van der Waals surface area contributed by atoms with Crippen molar-refractivity contribution >= 4 is 16.8 Å². The first-order chi connectivity index (χ1) is 9.16. The van der Waals surface area contributed by atoms with Crippen molar-refractivity contribution in [2.75, 3.05) is 0 Å². The summed E-state index contributed by atoms with van der Waals surface area (Å²) >= 11 is 5.78. The van der Waals surface area contributed by atoms with Gasteiger partial charge in [0.05, 0.1) is 0 Å². The van der Waals surface area contributed by atoms with Crippen molar-refractivity contribution in [3.05, 3.63) is 0 Å². The molecule has 0 unspecified atom stereocenters. The van der Waals surface area contributed by atoms with Crippen LogP contribution in [0.4, 0.5) is 0 Å². The third-order valence-corrected chi connectivity index (χ3v) is 5.89. The van der Waals surface area contributed by atoms with Gasteiger partial charge in [-0.2, -0.15) is 0 Å². The summed E-state index contributed by atoms with van der Waals surface area (Å²) in [5.41, 5.74) is 0.267. The number of halogens is 1. The third-order valence-electron chi connectivity index (χ3n) is 5.76. The van der Waals surface area contributed by atoms with Crippen LogP contribution in [0.25, 0.3) is 0 Å². The van der Waals surface area contributed by atoms with Crippen LogP contribution in [0.15, 0.2) is 0 Å². The van der Waals surface area contributed by atoms with Crippen LogP contribution in [0.1, 0.15) is 84.0 Å². The summed E-state index contributed by atoms with van der Waals surface area (Å²) in [6, 6.07) is 0. The molecule has 0 atom stereocenters. The minimum Gasteiger partial charge on any atom is -0.281 e. The molecule has 19 heavy (non-hydrogen) atoms. The first kappa shape index (κ1) is 15.4. The molecule has 2 aliphatic rings. The molecule has 2 saturated carbocycles. The molecule has 0 aliphatic heterocycles. The van der Waals surface area contributed by atoms with Crippen LogP contribution in [0.2, 0.25) is 0 Å². The molecular weight excluding hydrogens is 256 g/mol. The minimum absolute atomic E-state index is 0.0977. The van der Waals surface area contributed by atoms with Gasteiger partial charge in [0.25, 0.3) is 0 Å². The molecule has 0 aromatic rings. The highest BCUT2D eigenvalue weighted by atomic mass is 35.5. The topological polar surface area (TPSA) is 17.1 Å². The molecule has 0 heterocycles. The molecule has 0 spiro atoms. The fourth-order valence-electron chi connectivity index (χ4n) is 4.67. The predicted molar refractivity (Wildman–Crippen MR) is 81.4 cm³/mol. The summed E-state index contributed by atoms with van der Waals surface area (Å²) in [5.74, 6) is 1.68. The molecule has 0 radical (unpaired) electrons. The first-order valence-electron chi connectivity index (χ1n) is 8.34. The monoisotopic (exact) mass is 284 g/mol. The number of carbonyl (C=O) groups excluding carboxylic acids is 1. The lowest BCUT2D eigenvalue weighted by atomic mass is 9.58. The van der Waals surface area contributed by atoms with E-state index in [1.807, 2.05) is 0 Å². The lowest BCUT2D eigenvalue weighted by Gasteiger charge is -2.46. The molecule has 2 fully saturated rings. The molecule has 2 aliphatic carbocycles. The molecule has 0 N–H and O–H groups in total. The van der Waals surface area contributed by atoms with Crippen molar-refractivity contribution < 1.29 is 4.79 Å².